The highest BCUT2D eigenvalue weighted by molar-refractivity contribution is 5.82. The van der Waals surface area contributed by atoms with Crippen molar-refractivity contribution in [3.05, 3.63) is 24.2 Å². The first kappa shape index (κ1) is 13.6. The van der Waals surface area contributed by atoms with Crippen LogP contribution >= 0.6 is 0 Å². The Balaban J connectivity index is 1.98. The molecule has 1 amide bonds. The van der Waals surface area contributed by atoms with Crippen LogP contribution in [0.4, 0.5) is 0 Å². The van der Waals surface area contributed by atoms with Gasteiger partial charge in [-0.3, -0.25) is 9.59 Å². The van der Waals surface area contributed by atoms with E-state index in [0.29, 0.717) is 19.5 Å². The maximum atomic E-state index is 12.3. The average molecular weight is 266 g/mol. The molecule has 1 aromatic heterocycles. The average Bonchev–Trinajstić information content (AvgIpc) is 2.82. The molecule has 0 aromatic carbocycles. The molecule has 2 heterocycles. The molecule has 1 aliphatic rings. The summed E-state index contributed by atoms with van der Waals surface area (Å²) in [5, 5.41) is 11.8. The fourth-order valence-electron chi connectivity index (χ4n) is 2.21. The van der Waals surface area contributed by atoms with Gasteiger partial charge in [-0.2, -0.15) is 0 Å². The third kappa shape index (κ3) is 3.82. The van der Waals surface area contributed by atoms with E-state index in [0.717, 1.165) is 18.7 Å². The van der Waals surface area contributed by atoms with Gasteiger partial charge >= 0.3 is 5.97 Å². The number of nitrogens with one attached hydrogen (secondary N) is 1. The summed E-state index contributed by atoms with van der Waals surface area (Å²) < 4.78 is 5.25. The molecule has 1 saturated heterocycles. The third-order valence-corrected chi connectivity index (χ3v) is 3.18. The number of nitrogens with zero attached hydrogens (tertiary/aromatic N) is 1. The van der Waals surface area contributed by atoms with Crippen molar-refractivity contribution in [3.8, 4) is 0 Å². The van der Waals surface area contributed by atoms with Crippen molar-refractivity contribution in [2.75, 3.05) is 13.1 Å². The van der Waals surface area contributed by atoms with Crippen LogP contribution in [0.3, 0.4) is 0 Å². The molecule has 0 radical (unpaired) electrons. The Labute approximate surface area is 111 Å². The number of furan rings is 1. The monoisotopic (exact) mass is 266 g/mol. The molecule has 2 N–H and O–H groups in total. The van der Waals surface area contributed by atoms with E-state index >= 15 is 0 Å². The fourth-order valence-corrected chi connectivity index (χ4v) is 2.21. The Bertz CT molecular complexity index is 430. The molecular formula is C13H18N2O4. The van der Waals surface area contributed by atoms with Gasteiger partial charge in [-0.05, 0) is 31.5 Å². The molecule has 1 aliphatic heterocycles. The molecule has 6 nitrogen and oxygen atoms in total. The minimum absolute atomic E-state index is 0.00199. The van der Waals surface area contributed by atoms with Crippen LogP contribution in [0, 0.1) is 0 Å². The normalized spacial score (nSPS) is 20.3. The van der Waals surface area contributed by atoms with E-state index in [1.165, 1.54) is 0 Å². The molecule has 0 saturated carbocycles. The topological polar surface area (TPSA) is 82.8 Å². The van der Waals surface area contributed by atoms with Crippen molar-refractivity contribution in [3.63, 3.8) is 0 Å². The van der Waals surface area contributed by atoms with E-state index in [1.807, 2.05) is 6.07 Å². The fraction of sp³-hybridized carbons (Fsp3) is 0.538. The first-order valence-electron chi connectivity index (χ1n) is 6.43. The molecule has 19 heavy (non-hydrogen) atoms. The lowest BCUT2D eigenvalue weighted by Gasteiger charge is -2.23. The number of hydrogen-bond donors (Lipinski definition) is 2. The standard InChI is InChI=1S/C13H18N2O4/c16-12(17)5-4-11-13(18)15(7-2-6-14-11)9-10-3-1-8-19-10/h1,3,8,11,14H,2,4-7,9H2,(H,16,17). The van der Waals surface area contributed by atoms with Gasteiger partial charge < -0.3 is 19.7 Å². The lowest BCUT2D eigenvalue weighted by molar-refractivity contribution is -0.138. The summed E-state index contributed by atoms with van der Waals surface area (Å²) in [6.45, 7) is 1.83. The Morgan fingerprint density at radius 3 is 3.11 bits per heavy atom. The Hall–Kier alpha value is -1.82. The van der Waals surface area contributed by atoms with Crippen molar-refractivity contribution >= 4 is 11.9 Å². The second kappa shape index (κ2) is 6.38. The van der Waals surface area contributed by atoms with Gasteiger partial charge in [-0.1, -0.05) is 0 Å². The van der Waals surface area contributed by atoms with Crippen molar-refractivity contribution in [2.45, 2.75) is 31.8 Å². The van der Waals surface area contributed by atoms with Gasteiger partial charge in [0.1, 0.15) is 5.76 Å². The zero-order valence-corrected chi connectivity index (χ0v) is 10.7. The van der Waals surface area contributed by atoms with Gasteiger partial charge in [0.2, 0.25) is 5.91 Å². The van der Waals surface area contributed by atoms with Gasteiger partial charge in [0.15, 0.2) is 0 Å². The van der Waals surface area contributed by atoms with E-state index in [2.05, 4.69) is 5.32 Å². The molecule has 1 atom stereocenters. The molecule has 0 bridgehead atoms. The van der Waals surface area contributed by atoms with Gasteiger partial charge in [0.05, 0.1) is 18.8 Å². The van der Waals surface area contributed by atoms with Crippen LogP contribution in [-0.4, -0.2) is 41.0 Å². The van der Waals surface area contributed by atoms with Gasteiger partial charge in [0.25, 0.3) is 0 Å². The van der Waals surface area contributed by atoms with Crippen molar-refractivity contribution in [1.29, 1.82) is 0 Å². The third-order valence-electron chi connectivity index (χ3n) is 3.18. The van der Waals surface area contributed by atoms with Gasteiger partial charge in [-0.15, -0.1) is 0 Å². The lowest BCUT2D eigenvalue weighted by Crippen LogP contribution is -2.43. The number of carbonyl (C=O) groups excluding carboxylic acids is 1. The van der Waals surface area contributed by atoms with Gasteiger partial charge in [0, 0.05) is 13.0 Å². The van der Waals surface area contributed by atoms with Crippen LogP contribution in [0.1, 0.15) is 25.0 Å². The Morgan fingerprint density at radius 1 is 1.58 bits per heavy atom. The smallest absolute Gasteiger partial charge is 0.303 e. The molecule has 6 heteroatoms. The molecule has 2 rings (SSSR count). The van der Waals surface area contributed by atoms with Crippen molar-refractivity contribution in [1.82, 2.24) is 10.2 Å². The summed E-state index contributed by atoms with van der Waals surface area (Å²) in [5.41, 5.74) is 0. The molecule has 1 aromatic rings. The van der Waals surface area contributed by atoms with Crippen molar-refractivity contribution < 1.29 is 19.1 Å². The summed E-state index contributed by atoms with van der Waals surface area (Å²) in [4.78, 5) is 24.6. The number of aliphatic carboxylic acids is 1. The molecule has 0 spiro atoms. The largest absolute Gasteiger partial charge is 0.481 e. The Morgan fingerprint density at radius 2 is 2.42 bits per heavy atom. The van der Waals surface area contributed by atoms with Crippen LogP contribution < -0.4 is 5.32 Å². The first-order chi connectivity index (χ1) is 9.16. The van der Waals surface area contributed by atoms with Crippen LogP contribution in [0.15, 0.2) is 22.8 Å². The van der Waals surface area contributed by atoms with E-state index in [4.69, 9.17) is 9.52 Å². The summed E-state index contributed by atoms with van der Waals surface area (Å²) >= 11 is 0. The maximum absolute atomic E-state index is 12.3. The predicted octanol–water partition coefficient (Wildman–Crippen LogP) is 0.835. The highest BCUT2D eigenvalue weighted by atomic mass is 16.4. The van der Waals surface area contributed by atoms with Crippen LogP contribution in [-0.2, 0) is 16.1 Å². The summed E-state index contributed by atoms with van der Waals surface area (Å²) in [6, 6.07) is 3.21. The molecule has 104 valence electrons. The SMILES string of the molecule is O=C(O)CCC1NCCCN(Cc2ccco2)C1=O. The predicted molar refractivity (Wildman–Crippen MR) is 67.4 cm³/mol. The van der Waals surface area contributed by atoms with E-state index in [1.54, 1.807) is 17.2 Å². The molecular weight excluding hydrogens is 248 g/mol. The summed E-state index contributed by atoms with van der Waals surface area (Å²) in [6.07, 6.45) is 2.76. The van der Waals surface area contributed by atoms with Crippen LogP contribution in [0.5, 0.6) is 0 Å². The summed E-state index contributed by atoms with van der Waals surface area (Å²) in [5.74, 6) is -0.182. The number of hydrogen-bond acceptors (Lipinski definition) is 4. The van der Waals surface area contributed by atoms with Crippen molar-refractivity contribution in [2.24, 2.45) is 0 Å². The number of rotatable bonds is 5. The molecule has 1 fully saturated rings. The second-order valence-electron chi connectivity index (χ2n) is 4.63. The number of carboxylic acids is 1. The zero-order chi connectivity index (χ0) is 13.7. The van der Waals surface area contributed by atoms with E-state index in [-0.39, 0.29) is 12.3 Å². The van der Waals surface area contributed by atoms with Crippen LogP contribution in [0.25, 0.3) is 0 Å². The minimum Gasteiger partial charge on any atom is -0.481 e. The highest BCUT2D eigenvalue weighted by Crippen LogP contribution is 2.12. The highest BCUT2D eigenvalue weighted by Gasteiger charge is 2.27. The van der Waals surface area contributed by atoms with E-state index < -0.39 is 12.0 Å². The zero-order valence-electron chi connectivity index (χ0n) is 10.7. The maximum Gasteiger partial charge on any atom is 0.303 e. The van der Waals surface area contributed by atoms with Crippen LogP contribution in [0.2, 0.25) is 0 Å². The minimum atomic E-state index is -0.878. The lowest BCUT2D eigenvalue weighted by atomic mass is 10.1. The second-order valence-corrected chi connectivity index (χ2v) is 4.63. The number of amides is 1. The first-order valence-corrected chi connectivity index (χ1v) is 6.43. The summed E-state index contributed by atoms with van der Waals surface area (Å²) in [7, 11) is 0. The Kier molecular flexibility index (Phi) is 4.57. The number of carboxylic acid groups (broad SMARTS) is 1. The molecule has 0 aliphatic carbocycles. The number of carbonyl (C=O) groups is 2. The van der Waals surface area contributed by atoms with E-state index in [9.17, 15) is 9.59 Å². The van der Waals surface area contributed by atoms with Gasteiger partial charge in [-0.25, -0.2) is 0 Å². The molecule has 1 unspecified atom stereocenters. The quantitative estimate of drug-likeness (QED) is 0.825.